The summed E-state index contributed by atoms with van der Waals surface area (Å²) in [6, 6.07) is 25.3. The third-order valence-corrected chi connectivity index (χ3v) is 9.71. The molecule has 9 aromatic rings. The summed E-state index contributed by atoms with van der Waals surface area (Å²) in [7, 11) is 0. The SMILES string of the molecule is [2H]c1c([2H])c([2H])c(-c2c([2H])c([2H])c3oc4c([2H])c(-c5nc(-c6ccc(-c7ccccc7)cc6)nc(-c6ccc7c(c6)C(C)(C)c6ccccc6-7)n5)c([2H])c([2H])c4c3c2[2H])c([2H])c1[2H]. The molecule has 10 rings (SSSR count). The van der Waals surface area contributed by atoms with Crippen molar-refractivity contribution in [2.75, 3.05) is 0 Å². The molecule has 52 heavy (non-hydrogen) atoms. The molecule has 0 amide bonds. The molecule has 0 saturated carbocycles. The lowest BCUT2D eigenvalue weighted by atomic mass is 9.82. The quantitative estimate of drug-likeness (QED) is 0.182. The monoisotopic (exact) mass is 678 g/mol. The maximum Gasteiger partial charge on any atom is 0.164 e. The molecule has 0 saturated heterocycles. The maximum atomic E-state index is 9.51. The van der Waals surface area contributed by atoms with Crippen LogP contribution in [0.15, 0.2) is 168 Å². The van der Waals surface area contributed by atoms with E-state index in [1.165, 1.54) is 5.56 Å². The normalized spacial score (nSPS) is 15.9. The van der Waals surface area contributed by atoms with Gasteiger partial charge in [-0.3, -0.25) is 0 Å². The lowest BCUT2D eigenvalue weighted by molar-refractivity contribution is 0.660. The van der Waals surface area contributed by atoms with Crippen molar-refractivity contribution >= 4 is 21.9 Å². The summed E-state index contributed by atoms with van der Waals surface area (Å²) < 4.78 is 103. The Morgan fingerprint density at radius 3 is 1.90 bits per heavy atom. The van der Waals surface area contributed by atoms with Gasteiger partial charge in [-0.15, -0.1) is 0 Å². The zero-order valence-electron chi connectivity index (χ0n) is 39.0. The van der Waals surface area contributed by atoms with Crippen molar-refractivity contribution < 1.29 is 19.5 Å². The predicted molar refractivity (Wildman–Crippen MR) is 212 cm³/mol. The van der Waals surface area contributed by atoms with Crippen LogP contribution in [0.3, 0.4) is 0 Å². The van der Waals surface area contributed by atoms with Crippen LogP contribution in [0.1, 0.15) is 40.1 Å². The van der Waals surface area contributed by atoms with Crippen LogP contribution in [0, 0.1) is 0 Å². The van der Waals surface area contributed by atoms with Gasteiger partial charge < -0.3 is 4.42 Å². The molecule has 0 spiro atoms. The summed E-state index contributed by atoms with van der Waals surface area (Å²) >= 11 is 0. The Balaban J connectivity index is 1.20. The first-order chi connectivity index (χ1) is 30.1. The van der Waals surface area contributed by atoms with E-state index >= 15 is 0 Å². The van der Waals surface area contributed by atoms with E-state index in [4.69, 9.17) is 29.0 Å². The van der Waals surface area contributed by atoms with Crippen molar-refractivity contribution in [2.24, 2.45) is 0 Å². The molecule has 0 bridgehead atoms. The summed E-state index contributed by atoms with van der Waals surface area (Å²) in [5.41, 5.74) is 5.80. The van der Waals surface area contributed by atoms with Crippen LogP contribution in [0.25, 0.3) is 89.5 Å². The highest BCUT2D eigenvalue weighted by molar-refractivity contribution is 6.07. The van der Waals surface area contributed by atoms with E-state index in [2.05, 4.69) is 32.0 Å². The summed E-state index contributed by atoms with van der Waals surface area (Å²) in [5, 5.41) is -0.383. The minimum Gasteiger partial charge on any atom is -0.456 e. The van der Waals surface area contributed by atoms with Crippen molar-refractivity contribution in [1.29, 1.82) is 0 Å². The van der Waals surface area contributed by atoms with Gasteiger partial charge in [-0.1, -0.05) is 147 Å². The zero-order chi connectivity index (χ0) is 44.4. The number of hydrogen-bond acceptors (Lipinski definition) is 4. The second kappa shape index (κ2) is 11.7. The zero-order valence-corrected chi connectivity index (χ0v) is 28.0. The number of benzene rings is 7. The molecular formula is C48H33N3O. The number of fused-ring (bicyclic) bond motifs is 6. The van der Waals surface area contributed by atoms with Crippen molar-refractivity contribution in [2.45, 2.75) is 19.3 Å². The highest BCUT2D eigenvalue weighted by Gasteiger charge is 2.35. The highest BCUT2D eigenvalue weighted by atomic mass is 16.3. The Labute approximate surface area is 317 Å². The Morgan fingerprint density at radius 2 is 1.10 bits per heavy atom. The number of aromatic nitrogens is 3. The fourth-order valence-corrected chi connectivity index (χ4v) is 7.03. The molecule has 0 unspecified atom stereocenters. The average Bonchev–Trinajstić information content (AvgIpc) is 3.81. The van der Waals surface area contributed by atoms with Crippen molar-refractivity contribution in [3.05, 3.63) is 175 Å². The van der Waals surface area contributed by atoms with Gasteiger partial charge in [-0.05, 0) is 74.7 Å². The Hall–Kier alpha value is -6.65. The van der Waals surface area contributed by atoms with Crippen LogP contribution in [0.2, 0.25) is 0 Å². The molecular weight excluding hydrogens is 635 g/mol. The molecule has 246 valence electrons. The average molecular weight is 679 g/mol. The van der Waals surface area contributed by atoms with Gasteiger partial charge in [-0.25, -0.2) is 15.0 Å². The maximum absolute atomic E-state index is 9.51. The molecule has 2 aromatic heterocycles. The molecule has 1 aliphatic carbocycles. The topological polar surface area (TPSA) is 51.8 Å². The molecule has 0 atom stereocenters. The fourth-order valence-electron chi connectivity index (χ4n) is 7.03. The molecule has 0 aliphatic heterocycles. The summed E-state index contributed by atoms with van der Waals surface area (Å²) in [5.74, 6) is 0.418. The van der Waals surface area contributed by atoms with E-state index < -0.39 is 77.6 Å². The van der Waals surface area contributed by atoms with E-state index in [0.29, 0.717) is 11.1 Å². The molecule has 2 heterocycles. The van der Waals surface area contributed by atoms with Crippen LogP contribution >= 0.6 is 0 Å². The third kappa shape index (κ3) is 4.95. The van der Waals surface area contributed by atoms with Crippen LogP contribution < -0.4 is 0 Å². The van der Waals surface area contributed by atoms with E-state index in [9.17, 15) is 5.48 Å². The van der Waals surface area contributed by atoms with E-state index in [-0.39, 0.29) is 50.4 Å². The molecule has 4 heteroatoms. The standard InChI is InChI=1S/C48H33N3O/c1-48(2)41-16-10-9-15-37(41)38-24-21-35(28-42(38)48)46-49-45(33-19-17-32(18-20-33)30-11-5-3-6-12-30)50-47(51-46)36-22-25-39-40-27-34(31-13-7-4-8-14-31)23-26-43(40)52-44(39)29-36/h3-29H,1-2H3/i4D,7D,8D,13D,14D,22D,23D,25D,26D,27D,29D. The van der Waals surface area contributed by atoms with Gasteiger partial charge >= 0.3 is 0 Å². The van der Waals surface area contributed by atoms with Gasteiger partial charge in [0.05, 0.1) is 15.1 Å². The van der Waals surface area contributed by atoms with Gasteiger partial charge in [0.15, 0.2) is 17.5 Å². The van der Waals surface area contributed by atoms with E-state index in [1.807, 2.05) is 78.9 Å². The summed E-state index contributed by atoms with van der Waals surface area (Å²) in [6.07, 6.45) is 0. The first-order valence-electron chi connectivity index (χ1n) is 22.3. The molecule has 4 nitrogen and oxygen atoms in total. The van der Waals surface area contributed by atoms with Crippen LogP contribution in [0.5, 0.6) is 0 Å². The van der Waals surface area contributed by atoms with Gasteiger partial charge in [0.1, 0.15) is 11.2 Å². The van der Waals surface area contributed by atoms with Gasteiger partial charge in [0, 0.05) is 32.9 Å². The largest absolute Gasteiger partial charge is 0.456 e. The Bertz CT molecular complexity index is 3410. The second-order valence-electron chi connectivity index (χ2n) is 13.2. The second-order valence-corrected chi connectivity index (χ2v) is 13.2. The van der Waals surface area contributed by atoms with Crippen molar-refractivity contribution in [3.63, 3.8) is 0 Å². The summed E-state index contributed by atoms with van der Waals surface area (Å²) in [6.45, 7) is 4.33. The van der Waals surface area contributed by atoms with Gasteiger partial charge in [-0.2, -0.15) is 0 Å². The number of furan rings is 1. The van der Waals surface area contributed by atoms with Gasteiger partial charge in [0.2, 0.25) is 0 Å². The number of rotatable bonds is 5. The minimum atomic E-state index is -0.682. The van der Waals surface area contributed by atoms with E-state index in [1.54, 1.807) is 0 Å². The fraction of sp³-hybridized carbons (Fsp3) is 0.0625. The Morgan fingerprint density at radius 1 is 0.462 bits per heavy atom. The number of hydrogen-bond donors (Lipinski definition) is 0. The highest BCUT2D eigenvalue weighted by Crippen LogP contribution is 2.49. The molecule has 7 aromatic carbocycles. The predicted octanol–water partition coefficient (Wildman–Crippen LogP) is 12.4. The summed E-state index contributed by atoms with van der Waals surface area (Å²) in [4.78, 5) is 14.6. The first-order valence-corrected chi connectivity index (χ1v) is 16.8. The van der Waals surface area contributed by atoms with E-state index in [0.717, 1.165) is 27.8 Å². The minimum absolute atomic E-state index is 0.0887. The van der Waals surface area contributed by atoms with Crippen molar-refractivity contribution in [1.82, 2.24) is 15.0 Å². The molecule has 0 fully saturated rings. The van der Waals surface area contributed by atoms with Crippen LogP contribution in [-0.2, 0) is 5.41 Å². The number of nitrogens with zero attached hydrogens (tertiary/aromatic N) is 3. The third-order valence-electron chi connectivity index (χ3n) is 9.71. The Kier molecular flexibility index (Phi) is 4.71. The molecule has 1 aliphatic rings. The van der Waals surface area contributed by atoms with Crippen LogP contribution in [-0.4, -0.2) is 15.0 Å². The lowest BCUT2D eigenvalue weighted by Crippen LogP contribution is -2.15. The smallest absolute Gasteiger partial charge is 0.164 e. The molecule has 0 radical (unpaired) electrons. The van der Waals surface area contributed by atoms with Crippen LogP contribution in [0.4, 0.5) is 0 Å². The first kappa shape index (κ1) is 20.9. The molecule has 0 N–H and O–H groups in total. The van der Waals surface area contributed by atoms with Gasteiger partial charge in [0.25, 0.3) is 0 Å². The van der Waals surface area contributed by atoms with Crippen molar-refractivity contribution in [3.8, 4) is 67.5 Å². The lowest BCUT2D eigenvalue weighted by Gasteiger charge is -2.21.